The van der Waals surface area contributed by atoms with Crippen molar-refractivity contribution in [3.05, 3.63) is 24.3 Å². The van der Waals surface area contributed by atoms with Crippen molar-refractivity contribution < 1.29 is 62.8 Å². The molecule has 326 valence electrons. The van der Waals surface area contributed by atoms with Crippen LogP contribution in [0.15, 0.2) is 24.3 Å². The number of carbonyl (C=O) groups is 3. The minimum Gasteiger partial charge on any atom is -0.480 e. The fraction of sp³-hybridized carbons (Fsp3) is 0.829. The smallest absolute Gasteiger partial charge is 0.472 e. The quantitative estimate of drug-likeness (QED) is 0.0163. The number of carboxylic acid groups (broad SMARTS) is 1. The van der Waals surface area contributed by atoms with E-state index < -0.39 is 76.0 Å². The normalized spacial score (nSPS) is 21.3. The van der Waals surface area contributed by atoms with Crippen molar-refractivity contribution in [3.8, 4) is 0 Å². The number of hydrogen-bond acceptors (Lipinski definition) is 12. The first-order chi connectivity index (χ1) is 26.8. The van der Waals surface area contributed by atoms with Gasteiger partial charge in [-0.3, -0.25) is 23.4 Å². The number of nitrogens with two attached hydrogens (primary N) is 1. The molecule has 0 aromatic rings. The van der Waals surface area contributed by atoms with E-state index in [-0.39, 0.29) is 31.1 Å². The number of unbranched alkanes of at least 4 members (excludes halogenated alkanes) is 14. The van der Waals surface area contributed by atoms with E-state index in [2.05, 4.69) is 18.4 Å². The van der Waals surface area contributed by atoms with Crippen LogP contribution < -0.4 is 5.73 Å². The molecule has 1 rings (SSSR count). The molecular formula is C41H74NO13P. The summed E-state index contributed by atoms with van der Waals surface area (Å²) in [6, 6.07) is -1.56. The molecule has 15 heteroatoms. The number of phosphoric acid groups is 1. The van der Waals surface area contributed by atoms with Crippen molar-refractivity contribution in [2.24, 2.45) is 17.6 Å². The summed E-state index contributed by atoms with van der Waals surface area (Å²) in [7, 11) is -4.78. The molecule has 1 saturated carbocycles. The van der Waals surface area contributed by atoms with E-state index in [1.165, 1.54) is 51.4 Å². The van der Waals surface area contributed by atoms with E-state index in [1.54, 1.807) is 6.08 Å². The van der Waals surface area contributed by atoms with Crippen molar-refractivity contribution in [2.75, 3.05) is 19.8 Å². The van der Waals surface area contributed by atoms with Crippen molar-refractivity contribution in [2.45, 2.75) is 186 Å². The van der Waals surface area contributed by atoms with Gasteiger partial charge >= 0.3 is 25.7 Å². The van der Waals surface area contributed by atoms with Gasteiger partial charge < -0.3 is 40.5 Å². The molecule has 14 nitrogen and oxygen atoms in total. The summed E-state index contributed by atoms with van der Waals surface area (Å²) in [4.78, 5) is 46.1. The van der Waals surface area contributed by atoms with Gasteiger partial charge in [0, 0.05) is 25.2 Å². The molecule has 0 heterocycles. The van der Waals surface area contributed by atoms with Crippen LogP contribution in [0.3, 0.4) is 0 Å². The van der Waals surface area contributed by atoms with Gasteiger partial charge in [0.1, 0.15) is 12.6 Å². The molecule has 1 fully saturated rings. The summed E-state index contributed by atoms with van der Waals surface area (Å²) in [6.45, 7) is 2.44. The number of ether oxygens (including phenoxy) is 2. The van der Waals surface area contributed by atoms with Crippen molar-refractivity contribution in [1.82, 2.24) is 0 Å². The van der Waals surface area contributed by atoms with E-state index in [4.69, 9.17) is 24.8 Å². The highest BCUT2D eigenvalue weighted by molar-refractivity contribution is 7.47. The molecule has 0 bridgehead atoms. The fourth-order valence-electron chi connectivity index (χ4n) is 6.59. The van der Waals surface area contributed by atoms with Crippen LogP contribution in [-0.2, 0) is 37.5 Å². The monoisotopic (exact) mass is 819 g/mol. The maximum Gasteiger partial charge on any atom is 0.472 e. The Bertz CT molecular complexity index is 1170. The lowest BCUT2D eigenvalue weighted by molar-refractivity contribution is -0.161. The summed E-state index contributed by atoms with van der Waals surface area (Å²) in [6.07, 6.45) is 23.5. The molecule has 7 N–H and O–H groups in total. The Balaban J connectivity index is 2.55. The average molecular weight is 820 g/mol. The second-order valence-corrected chi connectivity index (χ2v) is 16.6. The number of aliphatic hydroxyl groups excluding tert-OH is 3. The summed E-state index contributed by atoms with van der Waals surface area (Å²) in [5.41, 5.74) is 5.32. The number of carbonyl (C=O) groups excluding carboxylic acids is 2. The number of aliphatic hydroxyl groups is 3. The first kappa shape index (κ1) is 51.9. The minimum absolute atomic E-state index is 0.0134. The first-order valence-corrected chi connectivity index (χ1v) is 22.6. The minimum atomic E-state index is -4.78. The standard InChI is InChI=1S/C41H74NO13P/c1-3-5-7-8-9-10-11-12-13-14-15-20-24-39(46)52-29-33(30-53-56(50,51)54-31-36(42)41(48)49)55-40(47)25-21-17-16-19-23-34-35(38(45)28-37(34)44)27-26-32(43)22-18-6-4-2/h16,19,26-27,32-38,43-45H,3-15,17-18,20-25,28-31,42H2,1-2H3,(H,48,49)(H,50,51)/b19-16+,27-26+/t32-,33+,34+,35+,36-,37-,38+/m0/s1. The van der Waals surface area contributed by atoms with Gasteiger partial charge in [-0.1, -0.05) is 128 Å². The zero-order valence-electron chi connectivity index (χ0n) is 34.1. The number of phosphoric ester groups is 1. The zero-order valence-corrected chi connectivity index (χ0v) is 34.9. The number of carboxylic acids is 1. The third-order valence-corrected chi connectivity index (χ3v) is 11.0. The fourth-order valence-corrected chi connectivity index (χ4v) is 7.37. The Kier molecular flexibility index (Phi) is 29.4. The van der Waals surface area contributed by atoms with Crippen LogP contribution in [0.25, 0.3) is 0 Å². The van der Waals surface area contributed by atoms with Crippen molar-refractivity contribution in [1.29, 1.82) is 0 Å². The van der Waals surface area contributed by atoms with Crippen LogP contribution in [0, 0.1) is 11.8 Å². The Morgan fingerprint density at radius 1 is 0.768 bits per heavy atom. The largest absolute Gasteiger partial charge is 0.480 e. The maximum atomic E-state index is 12.7. The van der Waals surface area contributed by atoms with E-state index in [0.29, 0.717) is 32.1 Å². The molecule has 8 atom stereocenters. The Labute approximate surface area is 335 Å². The molecule has 1 aliphatic carbocycles. The molecular weight excluding hydrogens is 745 g/mol. The van der Waals surface area contributed by atoms with Gasteiger partial charge in [0.15, 0.2) is 6.10 Å². The predicted octanol–water partition coefficient (Wildman–Crippen LogP) is 7.05. The van der Waals surface area contributed by atoms with E-state index in [0.717, 1.165) is 38.5 Å². The Morgan fingerprint density at radius 2 is 1.34 bits per heavy atom. The van der Waals surface area contributed by atoms with Gasteiger partial charge in [0.2, 0.25) is 0 Å². The predicted molar refractivity (Wildman–Crippen MR) is 214 cm³/mol. The summed E-state index contributed by atoms with van der Waals surface area (Å²) >= 11 is 0. The van der Waals surface area contributed by atoms with Crippen LogP contribution in [0.2, 0.25) is 0 Å². The van der Waals surface area contributed by atoms with E-state index >= 15 is 0 Å². The van der Waals surface area contributed by atoms with Crippen LogP contribution >= 0.6 is 7.82 Å². The van der Waals surface area contributed by atoms with Crippen LogP contribution in [0.5, 0.6) is 0 Å². The topological polar surface area (TPSA) is 232 Å². The lowest BCUT2D eigenvalue weighted by Crippen LogP contribution is -2.34. The Hall–Kier alpha value is -2.16. The molecule has 1 unspecified atom stereocenters. The van der Waals surface area contributed by atoms with Crippen LogP contribution in [0.1, 0.15) is 155 Å². The highest BCUT2D eigenvalue weighted by Gasteiger charge is 2.39. The third-order valence-electron chi connectivity index (χ3n) is 10.0. The van der Waals surface area contributed by atoms with Gasteiger partial charge in [0.25, 0.3) is 0 Å². The summed E-state index contributed by atoms with van der Waals surface area (Å²) in [5, 5.41) is 40.2. The molecule has 0 saturated heterocycles. The average Bonchev–Trinajstić information content (AvgIpc) is 3.43. The van der Waals surface area contributed by atoms with Gasteiger partial charge in [-0.15, -0.1) is 0 Å². The first-order valence-electron chi connectivity index (χ1n) is 21.1. The second kappa shape index (κ2) is 31.8. The molecule has 0 amide bonds. The SMILES string of the molecule is CCCCCCCCCCCCCCC(=O)OC[C@H](COP(=O)(O)OC[C@H](N)C(=O)O)OC(=O)CCC/C=C/C[C@@H]1[C@@H](/C=C/[C@@H](O)CCCCC)[C@H](O)C[C@@H]1O. The van der Waals surface area contributed by atoms with Gasteiger partial charge in [0.05, 0.1) is 31.5 Å². The summed E-state index contributed by atoms with van der Waals surface area (Å²) < 4.78 is 32.6. The van der Waals surface area contributed by atoms with E-state index in [9.17, 15) is 39.2 Å². The highest BCUT2D eigenvalue weighted by Crippen LogP contribution is 2.43. The summed E-state index contributed by atoms with van der Waals surface area (Å²) in [5.74, 6) is -3.08. The number of aliphatic carboxylic acids is 1. The highest BCUT2D eigenvalue weighted by atomic mass is 31.2. The molecule has 0 aromatic heterocycles. The third kappa shape index (κ3) is 26.0. The Morgan fingerprint density at radius 3 is 1.96 bits per heavy atom. The molecule has 0 aromatic carbocycles. The number of allylic oxidation sites excluding steroid dienone is 2. The molecule has 1 aliphatic rings. The van der Waals surface area contributed by atoms with Gasteiger partial charge in [-0.2, -0.15) is 0 Å². The molecule has 56 heavy (non-hydrogen) atoms. The lowest BCUT2D eigenvalue weighted by atomic mass is 9.89. The number of esters is 2. The maximum absolute atomic E-state index is 12.7. The number of hydrogen-bond donors (Lipinski definition) is 6. The molecule has 0 aliphatic heterocycles. The zero-order chi connectivity index (χ0) is 41.6. The van der Waals surface area contributed by atoms with Gasteiger partial charge in [-0.05, 0) is 38.0 Å². The van der Waals surface area contributed by atoms with Gasteiger partial charge in [-0.25, -0.2) is 4.57 Å². The van der Waals surface area contributed by atoms with E-state index in [1.807, 2.05) is 18.2 Å². The van der Waals surface area contributed by atoms with Crippen LogP contribution in [-0.4, -0.2) is 93.5 Å². The van der Waals surface area contributed by atoms with Crippen molar-refractivity contribution in [3.63, 3.8) is 0 Å². The molecule has 0 radical (unpaired) electrons. The lowest BCUT2D eigenvalue weighted by Gasteiger charge is -2.20. The number of rotatable bonds is 35. The molecule has 0 spiro atoms. The van der Waals surface area contributed by atoms with Crippen molar-refractivity contribution >= 4 is 25.7 Å². The van der Waals surface area contributed by atoms with Crippen LogP contribution in [0.4, 0.5) is 0 Å². The second-order valence-electron chi connectivity index (χ2n) is 15.1.